The van der Waals surface area contributed by atoms with E-state index in [9.17, 15) is 0 Å². The molecule has 0 aliphatic heterocycles. The maximum atomic E-state index is 9.14. The predicted molar refractivity (Wildman–Crippen MR) is 53.9 cm³/mol. The highest BCUT2D eigenvalue weighted by Gasteiger charge is 2.15. The Kier molecular flexibility index (Phi) is 2.82. The first-order valence-corrected chi connectivity index (χ1v) is 4.94. The zero-order valence-corrected chi connectivity index (χ0v) is 8.55. The fraction of sp³-hybridized carbons (Fsp3) is 0.400. The number of aryl methyl sites for hydroxylation is 1. The fourth-order valence-electron chi connectivity index (χ4n) is 1.51. The van der Waals surface area contributed by atoms with Gasteiger partial charge in [-0.3, -0.25) is 0 Å². The van der Waals surface area contributed by atoms with Crippen LogP contribution in [0.15, 0.2) is 22.8 Å². The Morgan fingerprint density at radius 3 is 3.00 bits per heavy atom. The van der Waals surface area contributed by atoms with Crippen molar-refractivity contribution in [1.82, 2.24) is 15.0 Å². The van der Waals surface area contributed by atoms with Crippen LogP contribution in [0.5, 0.6) is 0 Å². The molecule has 5 nitrogen and oxygen atoms in total. The van der Waals surface area contributed by atoms with Crippen LogP contribution in [0, 0.1) is 0 Å². The first-order chi connectivity index (χ1) is 7.36. The minimum Gasteiger partial charge on any atom is -0.463 e. The normalized spacial score (nSPS) is 10.8. The van der Waals surface area contributed by atoms with E-state index in [0.717, 1.165) is 18.7 Å². The van der Waals surface area contributed by atoms with Gasteiger partial charge in [0, 0.05) is 6.54 Å². The molecule has 2 aromatic rings. The SMILES string of the molecule is CCCn1nnc(CO)c1-c1ccco1. The molecule has 2 heterocycles. The summed E-state index contributed by atoms with van der Waals surface area (Å²) in [7, 11) is 0. The van der Waals surface area contributed by atoms with Gasteiger partial charge in [0.05, 0.1) is 12.9 Å². The molecule has 2 aromatic heterocycles. The van der Waals surface area contributed by atoms with Gasteiger partial charge in [0.25, 0.3) is 0 Å². The van der Waals surface area contributed by atoms with Gasteiger partial charge >= 0.3 is 0 Å². The number of furan rings is 1. The first kappa shape index (κ1) is 9.92. The zero-order chi connectivity index (χ0) is 10.7. The van der Waals surface area contributed by atoms with E-state index in [1.807, 2.05) is 6.07 Å². The van der Waals surface area contributed by atoms with E-state index in [4.69, 9.17) is 9.52 Å². The molecule has 0 aromatic carbocycles. The molecule has 0 saturated carbocycles. The van der Waals surface area contributed by atoms with Gasteiger partial charge in [-0.2, -0.15) is 0 Å². The van der Waals surface area contributed by atoms with Crippen LogP contribution in [0.2, 0.25) is 0 Å². The van der Waals surface area contributed by atoms with E-state index in [2.05, 4.69) is 17.2 Å². The van der Waals surface area contributed by atoms with E-state index in [0.29, 0.717) is 11.5 Å². The van der Waals surface area contributed by atoms with Crippen molar-refractivity contribution >= 4 is 0 Å². The first-order valence-electron chi connectivity index (χ1n) is 4.94. The maximum absolute atomic E-state index is 9.14. The molecule has 0 aliphatic rings. The highest BCUT2D eigenvalue weighted by Crippen LogP contribution is 2.22. The average Bonchev–Trinajstić information content (AvgIpc) is 2.85. The minimum atomic E-state index is -0.125. The van der Waals surface area contributed by atoms with Crippen molar-refractivity contribution < 1.29 is 9.52 Å². The maximum Gasteiger partial charge on any atom is 0.153 e. The summed E-state index contributed by atoms with van der Waals surface area (Å²) in [5.74, 6) is 0.692. The van der Waals surface area contributed by atoms with Crippen molar-refractivity contribution in [2.24, 2.45) is 0 Å². The molecule has 0 radical (unpaired) electrons. The Morgan fingerprint density at radius 1 is 1.53 bits per heavy atom. The number of hydrogen-bond donors (Lipinski definition) is 1. The molecule has 0 atom stereocenters. The zero-order valence-electron chi connectivity index (χ0n) is 8.55. The van der Waals surface area contributed by atoms with Crippen LogP contribution < -0.4 is 0 Å². The Balaban J connectivity index is 2.46. The van der Waals surface area contributed by atoms with Crippen molar-refractivity contribution in [3.63, 3.8) is 0 Å². The number of nitrogens with zero attached hydrogens (tertiary/aromatic N) is 3. The van der Waals surface area contributed by atoms with Crippen LogP contribution >= 0.6 is 0 Å². The Bertz CT molecular complexity index is 420. The summed E-state index contributed by atoms with van der Waals surface area (Å²) in [6.07, 6.45) is 2.56. The average molecular weight is 207 g/mol. The highest BCUT2D eigenvalue weighted by atomic mass is 16.3. The van der Waals surface area contributed by atoms with E-state index >= 15 is 0 Å². The lowest BCUT2D eigenvalue weighted by Crippen LogP contribution is -2.01. The predicted octanol–water partition coefficient (Wildman–Crippen LogP) is 1.44. The van der Waals surface area contributed by atoms with E-state index < -0.39 is 0 Å². The number of hydrogen-bond acceptors (Lipinski definition) is 4. The molecule has 2 rings (SSSR count). The van der Waals surface area contributed by atoms with Gasteiger partial charge in [-0.25, -0.2) is 4.68 Å². The lowest BCUT2D eigenvalue weighted by molar-refractivity contribution is 0.277. The van der Waals surface area contributed by atoms with Crippen LogP contribution in [-0.4, -0.2) is 20.1 Å². The van der Waals surface area contributed by atoms with Crippen molar-refractivity contribution in [2.75, 3.05) is 0 Å². The lowest BCUT2D eigenvalue weighted by Gasteiger charge is -2.02. The van der Waals surface area contributed by atoms with Gasteiger partial charge in [0.15, 0.2) is 5.76 Å². The molecule has 0 bridgehead atoms. The van der Waals surface area contributed by atoms with Gasteiger partial charge in [0.1, 0.15) is 11.4 Å². The summed E-state index contributed by atoms with van der Waals surface area (Å²) in [6, 6.07) is 3.64. The van der Waals surface area contributed by atoms with E-state index in [1.54, 1.807) is 17.0 Å². The molecule has 0 amide bonds. The largest absolute Gasteiger partial charge is 0.463 e. The second-order valence-electron chi connectivity index (χ2n) is 3.24. The third-order valence-electron chi connectivity index (χ3n) is 2.14. The van der Waals surface area contributed by atoms with Gasteiger partial charge in [-0.05, 0) is 18.6 Å². The molecule has 80 valence electrons. The number of aliphatic hydroxyl groups is 1. The van der Waals surface area contributed by atoms with E-state index in [-0.39, 0.29) is 6.61 Å². The number of aliphatic hydroxyl groups excluding tert-OH is 1. The molecule has 0 saturated heterocycles. The molecule has 1 N–H and O–H groups in total. The van der Waals surface area contributed by atoms with Crippen LogP contribution in [0.4, 0.5) is 0 Å². The summed E-state index contributed by atoms with van der Waals surface area (Å²) in [5.41, 5.74) is 1.32. The van der Waals surface area contributed by atoms with Gasteiger partial charge in [-0.1, -0.05) is 12.1 Å². The smallest absolute Gasteiger partial charge is 0.153 e. The summed E-state index contributed by atoms with van der Waals surface area (Å²) in [5, 5.41) is 17.0. The van der Waals surface area contributed by atoms with Crippen LogP contribution in [0.25, 0.3) is 11.5 Å². The third kappa shape index (κ3) is 1.78. The van der Waals surface area contributed by atoms with Crippen molar-refractivity contribution in [3.05, 3.63) is 24.1 Å². The molecule has 0 aliphatic carbocycles. The second-order valence-corrected chi connectivity index (χ2v) is 3.24. The Morgan fingerprint density at radius 2 is 2.40 bits per heavy atom. The number of rotatable bonds is 4. The number of aromatic nitrogens is 3. The molecular formula is C10H13N3O2. The summed E-state index contributed by atoms with van der Waals surface area (Å²) < 4.78 is 7.05. The third-order valence-corrected chi connectivity index (χ3v) is 2.14. The van der Waals surface area contributed by atoms with Crippen LogP contribution in [0.3, 0.4) is 0 Å². The Hall–Kier alpha value is -1.62. The summed E-state index contributed by atoms with van der Waals surface area (Å²) in [6.45, 7) is 2.70. The van der Waals surface area contributed by atoms with Crippen LogP contribution in [-0.2, 0) is 13.2 Å². The second kappa shape index (κ2) is 4.27. The quantitative estimate of drug-likeness (QED) is 0.823. The molecule has 0 unspecified atom stereocenters. The van der Waals surface area contributed by atoms with Gasteiger partial charge in [-0.15, -0.1) is 5.10 Å². The van der Waals surface area contributed by atoms with E-state index in [1.165, 1.54) is 0 Å². The monoisotopic (exact) mass is 207 g/mol. The van der Waals surface area contributed by atoms with Crippen molar-refractivity contribution in [1.29, 1.82) is 0 Å². The van der Waals surface area contributed by atoms with Gasteiger partial charge in [0.2, 0.25) is 0 Å². The molecule has 0 spiro atoms. The Labute approximate surface area is 87.3 Å². The molecular weight excluding hydrogens is 194 g/mol. The molecule has 0 fully saturated rings. The molecule has 5 heteroatoms. The topological polar surface area (TPSA) is 64.1 Å². The van der Waals surface area contributed by atoms with Crippen molar-refractivity contribution in [2.45, 2.75) is 26.5 Å². The fourth-order valence-corrected chi connectivity index (χ4v) is 1.51. The standard InChI is InChI=1S/C10H13N3O2/c1-2-5-13-10(8(7-14)11-12-13)9-4-3-6-15-9/h3-4,6,14H,2,5,7H2,1H3. The highest BCUT2D eigenvalue weighted by molar-refractivity contribution is 5.54. The molecule has 15 heavy (non-hydrogen) atoms. The van der Waals surface area contributed by atoms with Crippen molar-refractivity contribution in [3.8, 4) is 11.5 Å². The summed E-state index contributed by atoms with van der Waals surface area (Å²) in [4.78, 5) is 0. The summed E-state index contributed by atoms with van der Waals surface area (Å²) >= 11 is 0. The van der Waals surface area contributed by atoms with Gasteiger partial charge < -0.3 is 9.52 Å². The minimum absolute atomic E-state index is 0.125. The van der Waals surface area contributed by atoms with Crippen LogP contribution in [0.1, 0.15) is 19.0 Å². The lowest BCUT2D eigenvalue weighted by atomic mass is 10.2.